The summed E-state index contributed by atoms with van der Waals surface area (Å²) in [6.45, 7) is 1.47. The minimum absolute atomic E-state index is 0.0227. The Balaban J connectivity index is 1.72. The summed E-state index contributed by atoms with van der Waals surface area (Å²) in [5.74, 6) is 1.13. The van der Waals surface area contributed by atoms with Crippen LogP contribution in [0.5, 0.6) is 0 Å². The van der Waals surface area contributed by atoms with Crippen molar-refractivity contribution in [1.82, 2.24) is 5.32 Å². The number of carbonyl (C=O) groups excluding carboxylic acids is 1. The van der Waals surface area contributed by atoms with Gasteiger partial charge in [-0.1, -0.05) is 42.8 Å². The first kappa shape index (κ1) is 14.1. The Morgan fingerprint density at radius 1 is 1.10 bits per heavy atom. The van der Waals surface area contributed by atoms with Crippen LogP contribution in [0.4, 0.5) is 0 Å². The molecule has 0 spiro atoms. The number of benzene rings is 2. The molecule has 2 aromatic rings. The van der Waals surface area contributed by atoms with Crippen LogP contribution in [0, 0.1) is 11.8 Å². The van der Waals surface area contributed by atoms with Gasteiger partial charge in [0.25, 0.3) is 5.91 Å². The Bertz CT molecular complexity index is 633. The summed E-state index contributed by atoms with van der Waals surface area (Å²) in [5, 5.41) is 5.22. The first-order valence-corrected chi connectivity index (χ1v) is 7.75. The average molecular weight is 282 g/mol. The van der Waals surface area contributed by atoms with E-state index >= 15 is 0 Å². The fourth-order valence-electron chi connectivity index (χ4n) is 3.44. The van der Waals surface area contributed by atoms with Crippen LogP contribution in [0.15, 0.2) is 42.5 Å². The van der Waals surface area contributed by atoms with Gasteiger partial charge in [0.05, 0.1) is 0 Å². The molecule has 1 amide bonds. The van der Waals surface area contributed by atoms with Crippen LogP contribution in [0.2, 0.25) is 0 Å². The second-order valence-corrected chi connectivity index (χ2v) is 5.92. The Morgan fingerprint density at radius 3 is 2.71 bits per heavy atom. The van der Waals surface area contributed by atoms with Gasteiger partial charge in [-0.25, -0.2) is 0 Å². The standard InChI is InChI=1S/C18H22N2O/c19-11-14-7-3-8-15(14)12-20-18(21)17-10-4-6-13-5-1-2-9-16(13)17/h1-2,4-6,9-10,14-15H,3,7-8,11-12,19H2,(H,20,21). The first-order valence-electron chi connectivity index (χ1n) is 7.75. The summed E-state index contributed by atoms with van der Waals surface area (Å²) in [6.07, 6.45) is 3.61. The maximum atomic E-state index is 12.5. The minimum Gasteiger partial charge on any atom is -0.352 e. The van der Waals surface area contributed by atoms with E-state index in [0.717, 1.165) is 29.4 Å². The highest BCUT2D eigenvalue weighted by atomic mass is 16.1. The predicted octanol–water partition coefficient (Wildman–Crippen LogP) is 2.94. The Hall–Kier alpha value is -1.87. The number of rotatable bonds is 4. The molecule has 0 radical (unpaired) electrons. The lowest BCUT2D eigenvalue weighted by Gasteiger charge is -2.18. The summed E-state index contributed by atoms with van der Waals surface area (Å²) in [6, 6.07) is 13.9. The van der Waals surface area contributed by atoms with Gasteiger partial charge < -0.3 is 11.1 Å². The van der Waals surface area contributed by atoms with Crippen molar-refractivity contribution in [3.8, 4) is 0 Å². The highest BCUT2D eigenvalue weighted by molar-refractivity contribution is 6.06. The third-order valence-corrected chi connectivity index (χ3v) is 4.68. The van der Waals surface area contributed by atoms with E-state index in [4.69, 9.17) is 5.73 Å². The average Bonchev–Trinajstić information content (AvgIpc) is 2.99. The highest BCUT2D eigenvalue weighted by Crippen LogP contribution is 2.30. The summed E-state index contributed by atoms with van der Waals surface area (Å²) < 4.78 is 0. The van der Waals surface area contributed by atoms with Gasteiger partial charge in [0.1, 0.15) is 0 Å². The van der Waals surface area contributed by atoms with Gasteiger partial charge in [-0.05, 0) is 48.1 Å². The van der Waals surface area contributed by atoms with Crippen molar-refractivity contribution in [2.75, 3.05) is 13.1 Å². The van der Waals surface area contributed by atoms with Gasteiger partial charge in [0.15, 0.2) is 0 Å². The maximum Gasteiger partial charge on any atom is 0.251 e. The quantitative estimate of drug-likeness (QED) is 0.906. The molecule has 3 N–H and O–H groups in total. The molecular formula is C18H22N2O. The summed E-state index contributed by atoms with van der Waals surface area (Å²) in [5.41, 5.74) is 6.56. The van der Waals surface area contributed by atoms with Crippen molar-refractivity contribution in [3.63, 3.8) is 0 Å². The molecule has 110 valence electrons. The van der Waals surface area contributed by atoms with Gasteiger partial charge in [0, 0.05) is 12.1 Å². The van der Waals surface area contributed by atoms with Crippen molar-refractivity contribution >= 4 is 16.7 Å². The van der Waals surface area contributed by atoms with Crippen LogP contribution in [0.3, 0.4) is 0 Å². The second-order valence-electron chi connectivity index (χ2n) is 5.92. The van der Waals surface area contributed by atoms with E-state index in [0.29, 0.717) is 11.8 Å². The SMILES string of the molecule is NCC1CCCC1CNC(=O)c1cccc2ccccc12. The first-order chi connectivity index (χ1) is 10.3. The fourth-order valence-corrected chi connectivity index (χ4v) is 3.44. The lowest BCUT2D eigenvalue weighted by Crippen LogP contribution is -2.32. The van der Waals surface area contributed by atoms with E-state index in [1.54, 1.807) is 0 Å². The number of nitrogens with two attached hydrogens (primary N) is 1. The molecule has 2 atom stereocenters. The molecule has 3 rings (SSSR count). The second kappa shape index (κ2) is 6.27. The molecule has 0 heterocycles. The minimum atomic E-state index is 0.0227. The molecule has 3 nitrogen and oxygen atoms in total. The Kier molecular flexibility index (Phi) is 4.20. The van der Waals surface area contributed by atoms with E-state index in [1.807, 2.05) is 42.5 Å². The third kappa shape index (κ3) is 2.93. The van der Waals surface area contributed by atoms with Crippen LogP contribution in [0.1, 0.15) is 29.6 Å². The van der Waals surface area contributed by atoms with Gasteiger partial charge in [-0.2, -0.15) is 0 Å². The largest absolute Gasteiger partial charge is 0.352 e. The van der Waals surface area contributed by atoms with E-state index < -0.39 is 0 Å². The highest BCUT2D eigenvalue weighted by Gasteiger charge is 2.26. The van der Waals surface area contributed by atoms with Crippen molar-refractivity contribution in [2.24, 2.45) is 17.6 Å². The lowest BCUT2D eigenvalue weighted by molar-refractivity contribution is 0.0946. The van der Waals surface area contributed by atoms with E-state index in [2.05, 4.69) is 5.32 Å². The van der Waals surface area contributed by atoms with Crippen LogP contribution in [0.25, 0.3) is 10.8 Å². The van der Waals surface area contributed by atoms with Gasteiger partial charge in [0.2, 0.25) is 0 Å². The monoisotopic (exact) mass is 282 g/mol. The van der Waals surface area contributed by atoms with E-state index in [1.165, 1.54) is 19.3 Å². The molecule has 2 aromatic carbocycles. The number of fused-ring (bicyclic) bond motifs is 1. The van der Waals surface area contributed by atoms with Crippen LogP contribution >= 0.6 is 0 Å². The van der Waals surface area contributed by atoms with Gasteiger partial charge >= 0.3 is 0 Å². The number of nitrogens with one attached hydrogen (secondary N) is 1. The van der Waals surface area contributed by atoms with Crippen molar-refractivity contribution in [1.29, 1.82) is 0 Å². The summed E-state index contributed by atoms with van der Waals surface area (Å²) in [4.78, 5) is 12.5. The molecule has 1 aliphatic carbocycles. The molecule has 0 saturated heterocycles. The lowest BCUT2D eigenvalue weighted by atomic mass is 9.96. The number of hydrogen-bond acceptors (Lipinski definition) is 2. The van der Waals surface area contributed by atoms with E-state index in [9.17, 15) is 4.79 Å². The normalized spacial score (nSPS) is 21.6. The zero-order chi connectivity index (χ0) is 14.7. The third-order valence-electron chi connectivity index (χ3n) is 4.68. The summed E-state index contributed by atoms with van der Waals surface area (Å²) in [7, 11) is 0. The Labute approximate surface area is 125 Å². The van der Waals surface area contributed by atoms with Crippen molar-refractivity contribution in [3.05, 3.63) is 48.0 Å². The number of amides is 1. The van der Waals surface area contributed by atoms with Crippen molar-refractivity contribution in [2.45, 2.75) is 19.3 Å². The zero-order valence-electron chi connectivity index (χ0n) is 12.2. The van der Waals surface area contributed by atoms with E-state index in [-0.39, 0.29) is 5.91 Å². The molecule has 2 unspecified atom stereocenters. The Morgan fingerprint density at radius 2 is 1.86 bits per heavy atom. The molecule has 3 heteroatoms. The van der Waals surface area contributed by atoms with Crippen molar-refractivity contribution < 1.29 is 4.79 Å². The smallest absolute Gasteiger partial charge is 0.251 e. The topological polar surface area (TPSA) is 55.1 Å². The van der Waals surface area contributed by atoms with Gasteiger partial charge in [-0.15, -0.1) is 0 Å². The molecule has 0 bridgehead atoms. The maximum absolute atomic E-state index is 12.5. The zero-order valence-corrected chi connectivity index (χ0v) is 12.2. The number of hydrogen-bond donors (Lipinski definition) is 2. The molecule has 21 heavy (non-hydrogen) atoms. The molecule has 0 aliphatic heterocycles. The molecular weight excluding hydrogens is 260 g/mol. The van der Waals surface area contributed by atoms with Crippen LogP contribution < -0.4 is 11.1 Å². The molecule has 1 aliphatic rings. The van der Waals surface area contributed by atoms with Gasteiger partial charge in [-0.3, -0.25) is 4.79 Å². The predicted molar refractivity (Wildman–Crippen MR) is 86.2 cm³/mol. The molecule has 1 saturated carbocycles. The van der Waals surface area contributed by atoms with Crippen LogP contribution in [-0.4, -0.2) is 19.0 Å². The molecule has 1 fully saturated rings. The molecule has 0 aromatic heterocycles. The fraction of sp³-hybridized carbons (Fsp3) is 0.389. The van der Waals surface area contributed by atoms with Crippen LogP contribution in [-0.2, 0) is 0 Å². The summed E-state index contributed by atoms with van der Waals surface area (Å²) >= 11 is 0. The number of carbonyl (C=O) groups is 1.